The molecule has 0 heterocycles. The lowest BCUT2D eigenvalue weighted by atomic mass is 10.0. The quantitative estimate of drug-likeness (QED) is 0.797. The topological polar surface area (TPSA) is 52.3 Å². The average molecular weight is 193 g/mol. The molecule has 3 nitrogen and oxygen atoms in total. The number of nitrogens with two attached hydrogens (primary N) is 1. The highest BCUT2D eigenvalue weighted by Crippen LogP contribution is 2.24. The van der Waals surface area contributed by atoms with E-state index < -0.39 is 5.91 Å². The molecule has 0 spiro atoms. The van der Waals surface area contributed by atoms with Crippen LogP contribution in [-0.2, 0) is 0 Å². The van der Waals surface area contributed by atoms with Gasteiger partial charge in [0, 0.05) is 0 Å². The smallest absolute Gasteiger partial charge is 0.252 e. The van der Waals surface area contributed by atoms with E-state index in [1.807, 2.05) is 12.1 Å². The van der Waals surface area contributed by atoms with Crippen LogP contribution in [0, 0.1) is 0 Å². The highest BCUT2D eigenvalue weighted by molar-refractivity contribution is 5.95. The summed E-state index contributed by atoms with van der Waals surface area (Å²) in [5.74, 6) is 0.492. The van der Waals surface area contributed by atoms with Crippen LogP contribution in [0.3, 0.4) is 0 Å². The van der Waals surface area contributed by atoms with E-state index >= 15 is 0 Å². The molecule has 0 unspecified atom stereocenters. The summed E-state index contributed by atoms with van der Waals surface area (Å²) in [6.45, 7) is 4.16. The molecule has 76 valence electrons. The molecule has 0 aliphatic heterocycles. The lowest BCUT2D eigenvalue weighted by Gasteiger charge is -2.10. The van der Waals surface area contributed by atoms with Crippen molar-refractivity contribution < 1.29 is 9.53 Å². The van der Waals surface area contributed by atoms with E-state index in [0.29, 0.717) is 17.2 Å². The Balaban J connectivity index is 3.18. The van der Waals surface area contributed by atoms with Crippen LogP contribution >= 0.6 is 0 Å². The van der Waals surface area contributed by atoms with E-state index in [-0.39, 0.29) is 0 Å². The Morgan fingerprint density at radius 3 is 2.50 bits per heavy atom. The Hall–Kier alpha value is -1.51. The SMILES string of the molecule is COc1cc(C(C)C)ccc1C(N)=O. The van der Waals surface area contributed by atoms with Gasteiger partial charge in [0.2, 0.25) is 0 Å². The Bertz CT molecular complexity index is 345. The minimum Gasteiger partial charge on any atom is -0.496 e. The Labute approximate surface area is 83.9 Å². The van der Waals surface area contributed by atoms with Crippen LogP contribution in [0.15, 0.2) is 18.2 Å². The van der Waals surface area contributed by atoms with Crippen molar-refractivity contribution in [1.29, 1.82) is 0 Å². The molecule has 0 bridgehead atoms. The van der Waals surface area contributed by atoms with Gasteiger partial charge in [0.15, 0.2) is 0 Å². The first kappa shape index (κ1) is 10.6. The number of hydrogen-bond acceptors (Lipinski definition) is 2. The third-order valence-electron chi connectivity index (χ3n) is 2.16. The number of hydrogen-bond donors (Lipinski definition) is 1. The molecule has 1 amide bonds. The predicted molar refractivity (Wildman–Crippen MR) is 55.6 cm³/mol. The second-order valence-electron chi connectivity index (χ2n) is 3.48. The van der Waals surface area contributed by atoms with Gasteiger partial charge in [-0.2, -0.15) is 0 Å². The normalized spacial score (nSPS) is 10.3. The fourth-order valence-electron chi connectivity index (χ4n) is 1.27. The molecule has 14 heavy (non-hydrogen) atoms. The number of methoxy groups -OCH3 is 1. The van der Waals surface area contributed by atoms with E-state index in [1.54, 1.807) is 6.07 Å². The second kappa shape index (κ2) is 4.13. The molecule has 3 heteroatoms. The van der Waals surface area contributed by atoms with Crippen LogP contribution in [0.1, 0.15) is 35.7 Å². The molecule has 0 saturated carbocycles. The first-order valence-electron chi connectivity index (χ1n) is 4.54. The predicted octanol–water partition coefficient (Wildman–Crippen LogP) is 1.92. The third-order valence-corrected chi connectivity index (χ3v) is 2.16. The van der Waals surface area contributed by atoms with Crippen molar-refractivity contribution in [3.8, 4) is 5.75 Å². The molecule has 0 saturated heterocycles. The van der Waals surface area contributed by atoms with Gasteiger partial charge in [-0.15, -0.1) is 0 Å². The standard InChI is InChI=1S/C11H15NO2/c1-7(2)8-4-5-9(11(12)13)10(6-8)14-3/h4-7H,1-3H3,(H2,12,13). The minimum atomic E-state index is -0.461. The molecular formula is C11H15NO2. The molecule has 0 atom stereocenters. The van der Waals surface area contributed by atoms with Crippen molar-refractivity contribution in [2.75, 3.05) is 7.11 Å². The Morgan fingerprint density at radius 1 is 1.43 bits per heavy atom. The molecule has 1 aromatic carbocycles. The molecule has 0 aliphatic rings. The largest absolute Gasteiger partial charge is 0.496 e. The minimum absolute atomic E-state index is 0.408. The van der Waals surface area contributed by atoms with Gasteiger partial charge in [0.1, 0.15) is 5.75 Å². The molecule has 0 fully saturated rings. The van der Waals surface area contributed by atoms with Crippen molar-refractivity contribution in [1.82, 2.24) is 0 Å². The van der Waals surface area contributed by atoms with E-state index in [4.69, 9.17) is 10.5 Å². The van der Waals surface area contributed by atoms with Gasteiger partial charge in [0.05, 0.1) is 12.7 Å². The van der Waals surface area contributed by atoms with Crippen LogP contribution < -0.4 is 10.5 Å². The summed E-state index contributed by atoms with van der Waals surface area (Å²) in [7, 11) is 1.53. The van der Waals surface area contributed by atoms with Gasteiger partial charge in [-0.1, -0.05) is 19.9 Å². The van der Waals surface area contributed by atoms with Crippen molar-refractivity contribution in [3.05, 3.63) is 29.3 Å². The zero-order chi connectivity index (χ0) is 10.7. The van der Waals surface area contributed by atoms with Gasteiger partial charge in [0.25, 0.3) is 5.91 Å². The maximum Gasteiger partial charge on any atom is 0.252 e. The summed E-state index contributed by atoms with van der Waals surface area (Å²) < 4.78 is 5.10. The lowest BCUT2D eigenvalue weighted by Crippen LogP contribution is -2.12. The van der Waals surface area contributed by atoms with Gasteiger partial charge in [-0.3, -0.25) is 4.79 Å². The third kappa shape index (κ3) is 2.05. The fraction of sp³-hybridized carbons (Fsp3) is 0.364. The van der Waals surface area contributed by atoms with Crippen LogP contribution in [0.5, 0.6) is 5.75 Å². The number of carbonyl (C=O) groups is 1. The first-order valence-corrected chi connectivity index (χ1v) is 4.54. The monoisotopic (exact) mass is 193 g/mol. The summed E-state index contributed by atoms with van der Waals surface area (Å²) in [4.78, 5) is 11.0. The molecular weight excluding hydrogens is 178 g/mol. The number of benzene rings is 1. The summed E-state index contributed by atoms with van der Waals surface area (Å²) in [6, 6.07) is 5.45. The molecule has 1 aromatic rings. The fourth-order valence-corrected chi connectivity index (χ4v) is 1.27. The second-order valence-corrected chi connectivity index (χ2v) is 3.48. The van der Waals surface area contributed by atoms with Crippen molar-refractivity contribution in [2.45, 2.75) is 19.8 Å². The maximum absolute atomic E-state index is 11.0. The number of rotatable bonds is 3. The highest BCUT2D eigenvalue weighted by atomic mass is 16.5. The van der Waals surface area contributed by atoms with Gasteiger partial charge < -0.3 is 10.5 Å². The zero-order valence-electron chi connectivity index (χ0n) is 8.70. The molecule has 2 N–H and O–H groups in total. The van der Waals surface area contributed by atoms with Gasteiger partial charge in [-0.25, -0.2) is 0 Å². The van der Waals surface area contributed by atoms with E-state index in [2.05, 4.69) is 13.8 Å². The number of ether oxygens (including phenoxy) is 1. The first-order chi connectivity index (χ1) is 6.56. The average Bonchev–Trinajstić information content (AvgIpc) is 2.16. The summed E-state index contributed by atoms with van der Waals surface area (Å²) in [6.07, 6.45) is 0. The van der Waals surface area contributed by atoms with Crippen LogP contribution in [0.25, 0.3) is 0 Å². The highest BCUT2D eigenvalue weighted by Gasteiger charge is 2.10. The maximum atomic E-state index is 11.0. The van der Waals surface area contributed by atoms with E-state index in [9.17, 15) is 4.79 Å². The molecule has 0 radical (unpaired) electrons. The molecule has 0 aliphatic carbocycles. The van der Waals surface area contributed by atoms with Crippen LogP contribution in [-0.4, -0.2) is 13.0 Å². The summed E-state index contributed by atoms with van der Waals surface area (Å²) in [5, 5.41) is 0. The van der Waals surface area contributed by atoms with Crippen molar-refractivity contribution in [3.63, 3.8) is 0 Å². The van der Waals surface area contributed by atoms with E-state index in [1.165, 1.54) is 7.11 Å². The zero-order valence-corrected chi connectivity index (χ0v) is 8.70. The van der Waals surface area contributed by atoms with Crippen LogP contribution in [0.2, 0.25) is 0 Å². The lowest BCUT2D eigenvalue weighted by molar-refractivity contribution is 0.0997. The van der Waals surface area contributed by atoms with Gasteiger partial charge in [-0.05, 0) is 23.6 Å². The van der Waals surface area contributed by atoms with Gasteiger partial charge >= 0.3 is 0 Å². The van der Waals surface area contributed by atoms with Crippen molar-refractivity contribution in [2.24, 2.45) is 5.73 Å². The summed E-state index contributed by atoms with van der Waals surface area (Å²) in [5.41, 5.74) is 6.76. The van der Waals surface area contributed by atoms with Crippen molar-refractivity contribution >= 4 is 5.91 Å². The molecule has 0 aromatic heterocycles. The Kier molecular flexibility index (Phi) is 3.12. The van der Waals surface area contributed by atoms with Crippen LogP contribution in [0.4, 0.5) is 0 Å². The number of carbonyl (C=O) groups excluding carboxylic acids is 1. The molecule has 1 rings (SSSR count). The number of amides is 1. The summed E-state index contributed by atoms with van der Waals surface area (Å²) >= 11 is 0. The van der Waals surface area contributed by atoms with E-state index in [0.717, 1.165) is 5.56 Å². The Morgan fingerprint density at radius 2 is 2.07 bits per heavy atom. The number of primary amides is 1.